The molecule has 6 heteroatoms. The SMILES string of the molecule is COc1ccc(S(=O)(=O)N2CCC[C@H]2c2cccc(C)c2)cc1Cl. The highest BCUT2D eigenvalue weighted by molar-refractivity contribution is 7.89. The molecule has 0 unspecified atom stereocenters. The van der Waals surface area contributed by atoms with Gasteiger partial charge in [-0.05, 0) is 43.5 Å². The van der Waals surface area contributed by atoms with Crippen LogP contribution in [0.4, 0.5) is 0 Å². The minimum atomic E-state index is -3.60. The van der Waals surface area contributed by atoms with Gasteiger partial charge in [0.25, 0.3) is 0 Å². The first-order valence-electron chi connectivity index (χ1n) is 7.85. The molecule has 0 spiro atoms. The highest BCUT2D eigenvalue weighted by Gasteiger charge is 2.36. The van der Waals surface area contributed by atoms with E-state index in [0.717, 1.165) is 24.0 Å². The molecule has 0 saturated carbocycles. The first-order chi connectivity index (χ1) is 11.4. The normalized spacial score (nSPS) is 18.7. The quantitative estimate of drug-likeness (QED) is 0.816. The number of rotatable bonds is 4. The Bertz CT molecular complexity index is 851. The van der Waals surface area contributed by atoms with Gasteiger partial charge in [-0.3, -0.25) is 0 Å². The van der Waals surface area contributed by atoms with E-state index in [-0.39, 0.29) is 10.9 Å². The van der Waals surface area contributed by atoms with Crippen molar-refractivity contribution in [2.24, 2.45) is 0 Å². The average Bonchev–Trinajstić information content (AvgIpc) is 3.05. The number of ether oxygens (including phenoxy) is 1. The molecule has 0 aromatic heterocycles. The first kappa shape index (κ1) is 17.3. The molecular formula is C18H20ClNO3S. The lowest BCUT2D eigenvalue weighted by Crippen LogP contribution is -2.30. The van der Waals surface area contributed by atoms with Gasteiger partial charge in [0.2, 0.25) is 10.0 Å². The van der Waals surface area contributed by atoms with Gasteiger partial charge in [0, 0.05) is 6.54 Å². The Morgan fingerprint density at radius 3 is 2.67 bits per heavy atom. The van der Waals surface area contributed by atoms with E-state index in [2.05, 4.69) is 6.07 Å². The maximum atomic E-state index is 13.1. The van der Waals surface area contributed by atoms with Crippen LogP contribution in [0, 0.1) is 6.92 Å². The molecule has 3 rings (SSSR count). The number of methoxy groups -OCH3 is 1. The lowest BCUT2D eigenvalue weighted by Gasteiger charge is -2.25. The van der Waals surface area contributed by atoms with Crippen LogP contribution in [0.2, 0.25) is 5.02 Å². The van der Waals surface area contributed by atoms with Crippen molar-refractivity contribution in [3.05, 3.63) is 58.6 Å². The largest absolute Gasteiger partial charge is 0.495 e. The van der Waals surface area contributed by atoms with Crippen molar-refractivity contribution in [2.75, 3.05) is 13.7 Å². The summed E-state index contributed by atoms with van der Waals surface area (Å²) in [6.45, 7) is 2.53. The molecule has 1 fully saturated rings. The van der Waals surface area contributed by atoms with Crippen molar-refractivity contribution in [2.45, 2.75) is 30.7 Å². The molecule has 0 amide bonds. The van der Waals surface area contributed by atoms with Crippen molar-refractivity contribution in [1.82, 2.24) is 4.31 Å². The summed E-state index contributed by atoms with van der Waals surface area (Å²) in [5, 5.41) is 0.296. The molecule has 1 atom stereocenters. The minimum absolute atomic E-state index is 0.129. The molecule has 0 bridgehead atoms. The van der Waals surface area contributed by atoms with Gasteiger partial charge in [0.15, 0.2) is 0 Å². The predicted molar refractivity (Wildman–Crippen MR) is 95.0 cm³/mol. The van der Waals surface area contributed by atoms with E-state index >= 15 is 0 Å². The molecule has 0 aliphatic carbocycles. The maximum absolute atomic E-state index is 13.1. The standard InChI is InChI=1S/C18H20ClNO3S/c1-13-5-3-6-14(11-13)17-7-4-10-20(17)24(21,22)15-8-9-18(23-2)16(19)12-15/h3,5-6,8-9,11-12,17H,4,7,10H2,1-2H3/t17-/m0/s1. The molecule has 128 valence electrons. The van der Waals surface area contributed by atoms with Crippen LogP contribution in [0.25, 0.3) is 0 Å². The van der Waals surface area contributed by atoms with E-state index in [1.54, 1.807) is 16.4 Å². The van der Waals surface area contributed by atoms with Crippen LogP contribution in [0.3, 0.4) is 0 Å². The predicted octanol–water partition coefficient (Wildman–Crippen LogP) is 4.18. The fraction of sp³-hybridized carbons (Fsp3) is 0.333. The van der Waals surface area contributed by atoms with Gasteiger partial charge < -0.3 is 4.74 Å². The number of hydrogen-bond acceptors (Lipinski definition) is 3. The molecule has 2 aromatic rings. The summed E-state index contributed by atoms with van der Waals surface area (Å²) in [5.41, 5.74) is 2.17. The summed E-state index contributed by atoms with van der Waals surface area (Å²) in [6, 6.07) is 12.5. The second-order valence-corrected chi connectivity index (χ2v) is 8.28. The van der Waals surface area contributed by atoms with Crippen LogP contribution in [0.15, 0.2) is 47.4 Å². The Labute approximate surface area is 148 Å². The monoisotopic (exact) mass is 365 g/mol. The van der Waals surface area contributed by atoms with Crippen molar-refractivity contribution in [1.29, 1.82) is 0 Å². The molecule has 1 aliphatic rings. The van der Waals surface area contributed by atoms with Crippen molar-refractivity contribution >= 4 is 21.6 Å². The van der Waals surface area contributed by atoms with E-state index in [4.69, 9.17) is 16.3 Å². The topological polar surface area (TPSA) is 46.6 Å². The van der Waals surface area contributed by atoms with E-state index in [1.807, 2.05) is 25.1 Å². The second-order valence-electron chi connectivity index (χ2n) is 5.98. The van der Waals surface area contributed by atoms with Crippen LogP contribution in [0.5, 0.6) is 5.75 Å². The summed E-state index contributed by atoms with van der Waals surface area (Å²) in [6.07, 6.45) is 1.67. The zero-order valence-corrected chi connectivity index (χ0v) is 15.3. The van der Waals surface area contributed by atoms with Crippen LogP contribution in [-0.2, 0) is 10.0 Å². The Kier molecular flexibility index (Phi) is 4.85. The molecule has 24 heavy (non-hydrogen) atoms. The minimum Gasteiger partial charge on any atom is -0.495 e. The van der Waals surface area contributed by atoms with Crippen LogP contribution < -0.4 is 4.74 Å². The van der Waals surface area contributed by atoms with Gasteiger partial charge in [-0.1, -0.05) is 41.4 Å². The number of benzene rings is 2. The van der Waals surface area contributed by atoms with Crippen LogP contribution in [-0.4, -0.2) is 26.4 Å². The van der Waals surface area contributed by atoms with E-state index in [0.29, 0.717) is 17.3 Å². The van der Waals surface area contributed by atoms with Gasteiger partial charge in [0.05, 0.1) is 23.1 Å². The molecule has 1 aliphatic heterocycles. The van der Waals surface area contributed by atoms with E-state index in [9.17, 15) is 8.42 Å². The molecule has 0 N–H and O–H groups in total. The smallest absolute Gasteiger partial charge is 0.243 e. The zero-order chi connectivity index (χ0) is 17.3. The van der Waals surface area contributed by atoms with Gasteiger partial charge in [0.1, 0.15) is 5.75 Å². The molecule has 1 saturated heterocycles. The van der Waals surface area contributed by atoms with Crippen LogP contribution >= 0.6 is 11.6 Å². The molecule has 0 radical (unpaired) electrons. The lowest BCUT2D eigenvalue weighted by atomic mass is 10.0. The Morgan fingerprint density at radius 2 is 2.00 bits per heavy atom. The summed E-state index contributed by atoms with van der Waals surface area (Å²) < 4.78 is 32.8. The lowest BCUT2D eigenvalue weighted by molar-refractivity contribution is 0.396. The number of aryl methyl sites for hydroxylation is 1. The van der Waals surface area contributed by atoms with Gasteiger partial charge in [-0.2, -0.15) is 4.31 Å². The summed E-state index contributed by atoms with van der Waals surface area (Å²) in [7, 11) is -2.10. The Hall–Kier alpha value is -1.56. The third-order valence-corrected chi connectivity index (χ3v) is 6.56. The third kappa shape index (κ3) is 3.16. The summed E-state index contributed by atoms with van der Waals surface area (Å²) in [4.78, 5) is 0.202. The fourth-order valence-electron chi connectivity index (χ4n) is 3.18. The molecule has 2 aromatic carbocycles. The molecular weight excluding hydrogens is 346 g/mol. The van der Waals surface area contributed by atoms with Gasteiger partial charge >= 0.3 is 0 Å². The highest BCUT2D eigenvalue weighted by Crippen LogP contribution is 2.38. The molecule has 4 nitrogen and oxygen atoms in total. The van der Waals surface area contributed by atoms with Crippen molar-refractivity contribution < 1.29 is 13.2 Å². The number of hydrogen-bond donors (Lipinski definition) is 0. The first-order valence-corrected chi connectivity index (χ1v) is 9.67. The van der Waals surface area contributed by atoms with Gasteiger partial charge in [-0.15, -0.1) is 0 Å². The van der Waals surface area contributed by atoms with E-state index in [1.165, 1.54) is 13.2 Å². The van der Waals surface area contributed by atoms with Crippen molar-refractivity contribution in [3.8, 4) is 5.75 Å². The van der Waals surface area contributed by atoms with Gasteiger partial charge in [-0.25, -0.2) is 8.42 Å². The maximum Gasteiger partial charge on any atom is 0.243 e. The Balaban J connectivity index is 1.98. The fourth-order valence-corrected chi connectivity index (χ4v) is 5.21. The average molecular weight is 366 g/mol. The summed E-state index contributed by atoms with van der Waals surface area (Å²) in [5.74, 6) is 0.465. The van der Waals surface area contributed by atoms with Crippen LogP contribution in [0.1, 0.15) is 30.0 Å². The van der Waals surface area contributed by atoms with E-state index < -0.39 is 10.0 Å². The second kappa shape index (κ2) is 6.75. The van der Waals surface area contributed by atoms with Crippen molar-refractivity contribution in [3.63, 3.8) is 0 Å². The third-order valence-electron chi connectivity index (χ3n) is 4.36. The summed E-state index contributed by atoms with van der Waals surface area (Å²) >= 11 is 6.11. The molecule has 1 heterocycles. The number of halogens is 1. The zero-order valence-electron chi connectivity index (χ0n) is 13.7. The Morgan fingerprint density at radius 1 is 1.21 bits per heavy atom. The highest BCUT2D eigenvalue weighted by atomic mass is 35.5. The number of sulfonamides is 1. The number of nitrogens with zero attached hydrogens (tertiary/aromatic N) is 1.